The van der Waals surface area contributed by atoms with Crippen molar-refractivity contribution < 1.29 is 5.11 Å². The summed E-state index contributed by atoms with van der Waals surface area (Å²) in [6.45, 7) is 4.37. The van der Waals surface area contributed by atoms with Gasteiger partial charge in [-0.25, -0.2) is 0 Å². The van der Waals surface area contributed by atoms with Crippen molar-refractivity contribution in [1.82, 2.24) is 4.98 Å². The third-order valence-electron chi connectivity index (χ3n) is 3.78. The van der Waals surface area contributed by atoms with Crippen molar-refractivity contribution in [3.63, 3.8) is 0 Å². The van der Waals surface area contributed by atoms with Crippen LogP contribution in [0, 0.1) is 0 Å². The van der Waals surface area contributed by atoms with Crippen LogP contribution < -0.4 is 5.32 Å². The first kappa shape index (κ1) is 15.1. The first-order valence-corrected chi connectivity index (χ1v) is 7.73. The molecule has 116 valence electrons. The van der Waals surface area contributed by atoms with E-state index in [0.29, 0.717) is 5.92 Å². The van der Waals surface area contributed by atoms with Crippen molar-refractivity contribution >= 4 is 11.4 Å². The summed E-state index contributed by atoms with van der Waals surface area (Å²) in [5.41, 5.74) is 5.18. The second-order valence-electron chi connectivity index (χ2n) is 5.91. The summed E-state index contributed by atoms with van der Waals surface area (Å²) in [4.78, 5) is 4.29. The molecule has 0 saturated carbocycles. The lowest BCUT2D eigenvalue weighted by Gasteiger charge is -2.10. The molecule has 2 aromatic carbocycles. The number of hydrogen-bond acceptors (Lipinski definition) is 3. The molecule has 0 aliphatic rings. The Morgan fingerprint density at radius 3 is 2.35 bits per heavy atom. The molecule has 0 atom stereocenters. The van der Waals surface area contributed by atoms with Gasteiger partial charge in [-0.3, -0.25) is 4.98 Å². The van der Waals surface area contributed by atoms with E-state index in [1.165, 1.54) is 5.56 Å². The van der Waals surface area contributed by atoms with Gasteiger partial charge < -0.3 is 10.4 Å². The molecule has 0 fully saturated rings. The van der Waals surface area contributed by atoms with Gasteiger partial charge in [0.25, 0.3) is 0 Å². The molecule has 0 aliphatic heterocycles. The van der Waals surface area contributed by atoms with Crippen molar-refractivity contribution in [1.29, 1.82) is 0 Å². The van der Waals surface area contributed by atoms with Gasteiger partial charge in [0.05, 0.1) is 11.9 Å². The maximum Gasteiger partial charge on any atom is 0.116 e. The zero-order valence-electron chi connectivity index (χ0n) is 13.3. The Morgan fingerprint density at radius 1 is 0.870 bits per heavy atom. The highest BCUT2D eigenvalue weighted by Crippen LogP contribution is 2.26. The van der Waals surface area contributed by atoms with Crippen molar-refractivity contribution in [3.8, 4) is 16.9 Å². The molecular weight excluding hydrogens is 284 g/mol. The molecule has 23 heavy (non-hydrogen) atoms. The molecular formula is C20H20N2O. The lowest BCUT2D eigenvalue weighted by Crippen LogP contribution is -1.93. The molecule has 0 unspecified atom stereocenters. The van der Waals surface area contributed by atoms with Gasteiger partial charge in [0, 0.05) is 17.4 Å². The van der Waals surface area contributed by atoms with Crippen LogP contribution in [-0.2, 0) is 0 Å². The molecule has 0 spiro atoms. The van der Waals surface area contributed by atoms with E-state index in [2.05, 4.69) is 48.4 Å². The average Bonchev–Trinajstić information content (AvgIpc) is 2.56. The summed E-state index contributed by atoms with van der Waals surface area (Å²) in [6.07, 6.45) is 3.59. The highest BCUT2D eigenvalue weighted by atomic mass is 16.3. The Kier molecular flexibility index (Phi) is 4.29. The SMILES string of the molecule is CC(C)c1ccc(Nc2cncc(-c3cccc(O)c3)c2)cc1. The van der Waals surface area contributed by atoms with Crippen molar-refractivity contribution in [3.05, 3.63) is 72.6 Å². The smallest absolute Gasteiger partial charge is 0.116 e. The number of pyridine rings is 1. The van der Waals surface area contributed by atoms with E-state index in [0.717, 1.165) is 22.5 Å². The molecule has 1 aromatic heterocycles. The minimum atomic E-state index is 0.255. The summed E-state index contributed by atoms with van der Waals surface area (Å²) >= 11 is 0. The van der Waals surface area contributed by atoms with Crippen LogP contribution in [0.1, 0.15) is 25.3 Å². The summed E-state index contributed by atoms with van der Waals surface area (Å²) in [7, 11) is 0. The average molecular weight is 304 g/mol. The monoisotopic (exact) mass is 304 g/mol. The number of phenolic OH excluding ortho intramolecular Hbond substituents is 1. The molecule has 3 nitrogen and oxygen atoms in total. The topological polar surface area (TPSA) is 45.2 Å². The molecule has 0 bridgehead atoms. The van der Waals surface area contributed by atoms with Gasteiger partial charge in [-0.1, -0.05) is 38.1 Å². The Bertz CT molecular complexity index is 795. The fraction of sp³-hybridized carbons (Fsp3) is 0.150. The van der Waals surface area contributed by atoms with Gasteiger partial charge >= 0.3 is 0 Å². The first-order chi connectivity index (χ1) is 11.1. The maximum absolute atomic E-state index is 9.61. The van der Waals surface area contributed by atoms with Gasteiger partial charge in [-0.2, -0.15) is 0 Å². The minimum Gasteiger partial charge on any atom is -0.508 e. The number of anilines is 2. The van der Waals surface area contributed by atoms with E-state index in [9.17, 15) is 5.11 Å². The summed E-state index contributed by atoms with van der Waals surface area (Å²) in [5, 5.41) is 13.0. The highest BCUT2D eigenvalue weighted by Gasteiger charge is 2.03. The lowest BCUT2D eigenvalue weighted by atomic mass is 10.0. The molecule has 3 heteroatoms. The third-order valence-corrected chi connectivity index (χ3v) is 3.78. The number of hydrogen-bond donors (Lipinski definition) is 2. The van der Waals surface area contributed by atoms with E-state index >= 15 is 0 Å². The number of phenols is 1. The molecule has 0 saturated heterocycles. The molecule has 1 heterocycles. The lowest BCUT2D eigenvalue weighted by molar-refractivity contribution is 0.475. The second kappa shape index (κ2) is 6.53. The van der Waals surface area contributed by atoms with Crippen LogP contribution in [0.5, 0.6) is 5.75 Å². The van der Waals surface area contributed by atoms with Crippen molar-refractivity contribution in [2.24, 2.45) is 0 Å². The number of nitrogens with zero attached hydrogens (tertiary/aromatic N) is 1. The number of rotatable bonds is 4. The van der Waals surface area contributed by atoms with Crippen LogP contribution in [0.25, 0.3) is 11.1 Å². The normalized spacial score (nSPS) is 10.7. The van der Waals surface area contributed by atoms with E-state index < -0.39 is 0 Å². The summed E-state index contributed by atoms with van der Waals surface area (Å²) in [6, 6.07) is 17.6. The van der Waals surface area contributed by atoms with Gasteiger partial charge in [0.1, 0.15) is 5.75 Å². The van der Waals surface area contributed by atoms with Crippen LogP contribution in [0.3, 0.4) is 0 Å². The Labute approximate surface area is 136 Å². The Morgan fingerprint density at radius 2 is 1.65 bits per heavy atom. The number of benzene rings is 2. The van der Waals surface area contributed by atoms with Gasteiger partial charge in [0.2, 0.25) is 0 Å². The number of aromatic nitrogens is 1. The summed E-state index contributed by atoms with van der Waals surface area (Å²) in [5.74, 6) is 0.782. The van der Waals surface area contributed by atoms with Crippen molar-refractivity contribution in [2.45, 2.75) is 19.8 Å². The van der Waals surface area contributed by atoms with Crippen molar-refractivity contribution in [2.75, 3.05) is 5.32 Å². The fourth-order valence-corrected chi connectivity index (χ4v) is 2.47. The predicted octanol–water partition coefficient (Wildman–Crippen LogP) is 5.32. The van der Waals surface area contributed by atoms with E-state index in [1.807, 2.05) is 18.2 Å². The number of nitrogens with one attached hydrogen (secondary N) is 1. The zero-order valence-corrected chi connectivity index (χ0v) is 13.3. The standard InChI is InChI=1S/C20H20N2O/c1-14(2)15-6-8-18(9-7-15)22-19-10-17(12-21-13-19)16-4-3-5-20(23)11-16/h3-14,22-23H,1-2H3. The third kappa shape index (κ3) is 3.69. The predicted molar refractivity (Wildman–Crippen MR) is 95.2 cm³/mol. The van der Waals surface area contributed by atoms with Gasteiger partial charge in [0.15, 0.2) is 0 Å². The van der Waals surface area contributed by atoms with Crippen LogP contribution >= 0.6 is 0 Å². The molecule has 3 aromatic rings. The molecule has 2 N–H and O–H groups in total. The molecule has 3 rings (SSSR count). The summed E-state index contributed by atoms with van der Waals surface area (Å²) < 4.78 is 0. The Balaban J connectivity index is 1.82. The fourth-order valence-electron chi connectivity index (χ4n) is 2.47. The van der Waals surface area contributed by atoms with Crippen LogP contribution in [-0.4, -0.2) is 10.1 Å². The second-order valence-corrected chi connectivity index (χ2v) is 5.91. The number of aromatic hydroxyl groups is 1. The van der Waals surface area contributed by atoms with Gasteiger partial charge in [-0.15, -0.1) is 0 Å². The molecule has 0 radical (unpaired) electrons. The molecule has 0 aliphatic carbocycles. The molecule has 0 amide bonds. The minimum absolute atomic E-state index is 0.255. The van der Waals surface area contributed by atoms with Crippen LogP contribution in [0.2, 0.25) is 0 Å². The first-order valence-electron chi connectivity index (χ1n) is 7.73. The van der Waals surface area contributed by atoms with E-state index in [-0.39, 0.29) is 5.75 Å². The van der Waals surface area contributed by atoms with Crippen LogP contribution in [0.4, 0.5) is 11.4 Å². The van der Waals surface area contributed by atoms with E-state index in [4.69, 9.17) is 0 Å². The largest absolute Gasteiger partial charge is 0.508 e. The van der Waals surface area contributed by atoms with E-state index in [1.54, 1.807) is 24.5 Å². The maximum atomic E-state index is 9.61. The zero-order chi connectivity index (χ0) is 16.2. The van der Waals surface area contributed by atoms with Gasteiger partial charge in [-0.05, 0) is 47.4 Å². The highest BCUT2D eigenvalue weighted by molar-refractivity contribution is 5.70. The van der Waals surface area contributed by atoms with Crippen LogP contribution in [0.15, 0.2) is 67.0 Å². The quantitative estimate of drug-likeness (QED) is 0.685. The Hall–Kier alpha value is -2.81.